The molecule has 0 saturated carbocycles. The van der Waals surface area contributed by atoms with Crippen LogP contribution in [0.5, 0.6) is 5.75 Å². The summed E-state index contributed by atoms with van der Waals surface area (Å²) in [6.45, 7) is 8.54. The minimum absolute atomic E-state index is 0.221. The van der Waals surface area contributed by atoms with Gasteiger partial charge in [-0.25, -0.2) is 4.79 Å². The van der Waals surface area contributed by atoms with Gasteiger partial charge in [-0.15, -0.1) is 0 Å². The predicted molar refractivity (Wildman–Crippen MR) is 72.7 cm³/mol. The Hall–Kier alpha value is -1.22. The van der Waals surface area contributed by atoms with Gasteiger partial charge in [-0.3, -0.25) is 0 Å². The molecule has 1 aromatic rings. The molecular formula is C14H19ClO3. The van der Waals surface area contributed by atoms with E-state index in [9.17, 15) is 4.79 Å². The lowest BCUT2D eigenvalue weighted by atomic mass is 9.99. The fraction of sp³-hybridized carbons (Fsp3) is 0.500. The zero-order valence-electron chi connectivity index (χ0n) is 11.2. The molecule has 0 aliphatic carbocycles. The highest BCUT2D eigenvalue weighted by atomic mass is 35.5. The molecule has 0 fully saturated rings. The van der Waals surface area contributed by atoms with Gasteiger partial charge in [0.1, 0.15) is 11.3 Å². The van der Waals surface area contributed by atoms with E-state index < -0.39 is 5.97 Å². The number of hydrogen-bond donors (Lipinski definition) is 0. The molecule has 4 heteroatoms. The van der Waals surface area contributed by atoms with Gasteiger partial charge in [0.2, 0.25) is 0 Å². The maximum atomic E-state index is 11.9. The molecule has 0 bridgehead atoms. The van der Waals surface area contributed by atoms with E-state index in [1.807, 2.05) is 26.8 Å². The van der Waals surface area contributed by atoms with Crippen molar-refractivity contribution in [3.05, 3.63) is 28.3 Å². The quantitative estimate of drug-likeness (QED) is 0.758. The number of esters is 1. The first-order valence-electron chi connectivity index (χ1n) is 6.14. The third kappa shape index (κ3) is 3.39. The lowest BCUT2D eigenvalue weighted by molar-refractivity contribution is 0.0521. The van der Waals surface area contributed by atoms with Crippen LogP contribution in [0.15, 0.2) is 12.1 Å². The van der Waals surface area contributed by atoms with E-state index in [0.29, 0.717) is 29.5 Å². The number of benzene rings is 1. The Morgan fingerprint density at radius 1 is 1.28 bits per heavy atom. The van der Waals surface area contributed by atoms with Crippen LogP contribution in [0.2, 0.25) is 5.02 Å². The summed E-state index contributed by atoms with van der Waals surface area (Å²) < 4.78 is 10.6. The van der Waals surface area contributed by atoms with Crippen LogP contribution in [0, 0.1) is 0 Å². The van der Waals surface area contributed by atoms with Gasteiger partial charge in [-0.1, -0.05) is 25.4 Å². The van der Waals surface area contributed by atoms with Gasteiger partial charge < -0.3 is 9.47 Å². The Morgan fingerprint density at radius 2 is 1.94 bits per heavy atom. The van der Waals surface area contributed by atoms with Crippen molar-refractivity contribution in [3.63, 3.8) is 0 Å². The van der Waals surface area contributed by atoms with Gasteiger partial charge in [0, 0.05) is 5.02 Å². The van der Waals surface area contributed by atoms with Gasteiger partial charge in [-0.05, 0) is 37.5 Å². The highest BCUT2D eigenvalue weighted by Gasteiger charge is 2.20. The minimum Gasteiger partial charge on any atom is -0.493 e. The topological polar surface area (TPSA) is 35.5 Å². The standard InChI is InChI=1S/C14H19ClO3/c1-5-17-13-11(9(3)4)7-10(15)8-12(13)14(16)18-6-2/h7-9H,5-6H2,1-4H3. The second-order valence-electron chi connectivity index (χ2n) is 4.18. The molecule has 100 valence electrons. The first kappa shape index (κ1) is 14.8. The van der Waals surface area contributed by atoms with Crippen LogP contribution in [-0.4, -0.2) is 19.2 Å². The van der Waals surface area contributed by atoms with Gasteiger partial charge in [0.25, 0.3) is 0 Å². The Kier molecular flexibility index (Phi) is 5.48. The highest BCUT2D eigenvalue weighted by molar-refractivity contribution is 6.31. The number of halogens is 1. The molecule has 18 heavy (non-hydrogen) atoms. The Morgan fingerprint density at radius 3 is 2.44 bits per heavy atom. The van der Waals surface area contributed by atoms with Crippen molar-refractivity contribution in [3.8, 4) is 5.75 Å². The third-order valence-corrected chi connectivity index (χ3v) is 2.71. The largest absolute Gasteiger partial charge is 0.493 e. The first-order chi connectivity index (χ1) is 8.51. The average Bonchev–Trinajstić information content (AvgIpc) is 2.31. The van der Waals surface area contributed by atoms with Crippen LogP contribution in [0.25, 0.3) is 0 Å². The summed E-state index contributed by atoms with van der Waals surface area (Å²) >= 11 is 6.05. The van der Waals surface area contributed by atoms with E-state index in [4.69, 9.17) is 21.1 Å². The molecule has 0 aromatic heterocycles. The van der Waals surface area contributed by atoms with E-state index in [-0.39, 0.29) is 5.92 Å². The van der Waals surface area contributed by atoms with Crippen molar-refractivity contribution in [1.82, 2.24) is 0 Å². The molecule has 0 radical (unpaired) electrons. The summed E-state index contributed by atoms with van der Waals surface area (Å²) in [5.74, 6) is 0.402. The maximum absolute atomic E-state index is 11.9. The lowest BCUT2D eigenvalue weighted by Gasteiger charge is -2.17. The van der Waals surface area contributed by atoms with Gasteiger partial charge in [0.05, 0.1) is 13.2 Å². The molecule has 0 aliphatic heterocycles. The van der Waals surface area contributed by atoms with Crippen molar-refractivity contribution in [2.75, 3.05) is 13.2 Å². The first-order valence-corrected chi connectivity index (χ1v) is 6.52. The summed E-state index contributed by atoms with van der Waals surface area (Å²) in [5.41, 5.74) is 1.32. The summed E-state index contributed by atoms with van der Waals surface area (Å²) in [4.78, 5) is 11.9. The van der Waals surface area contributed by atoms with Gasteiger partial charge in [-0.2, -0.15) is 0 Å². The summed E-state index contributed by atoms with van der Waals surface area (Å²) in [5, 5.41) is 0.519. The molecule has 0 spiro atoms. The zero-order chi connectivity index (χ0) is 13.7. The van der Waals surface area contributed by atoms with Crippen molar-refractivity contribution in [1.29, 1.82) is 0 Å². The molecular weight excluding hydrogens is 252 g/mol. The van der Waals surface area contributed by atoms with Crippen LogP contribution in [-0.2, 0) is 4.74 Å². The molecule has 0 amide bonds. The van der Waals surface area contributed by atoms with E-state index in [1.165, 1.54) is 0 Å². The number of ether oxygens (including phenoxy) is 2. The van der Waals surface area contributed by atoms with Crippen molar-refractivity contribution >= 4 is 17.6 Å². The second kappa shape index (κ2) is 6.64. The van der Waals surface area contributed by atoms with E-state index in [2.05, 4.69) is 0 Å². The molecule has 3 nitrogen and oxygen atoms in total. The molecule has 1 rings (SSSR count). The molecule has 0 unspecified atom stereocenters. The van der Waals surface area contributed by atoms with Crippen LogP contribution in [0.1, 0.15) is 49.5 Å². The van der Waals surface area contributed by atoms with Crippen LogP contribution in [0.4, 0.5) is 0 Å². The smallest absolute Gasteiger partial charge is 0.341 e. The van der Waals surface area contributed by atoms with E-state index in [0.717, 1.165) is 5.56 Å². The SMILES string of the molecule is CCOC(=O)c1cc(Cl)cc(C(C)C)c1OCC. The van der Waals surface area contributed by atoms with E-state index >= 15 is 0 Å². The van der Waals surface area contributed by atoms with E-state index in [1.54, 1.807) is 13.0 Å². The number of carbonyl (C=O) groups excluding carboxylic acids is 1. The molecule has 0 atom stereocenters. The van der Waals surface area contributed by atoms with Crippen molar-refractivity contribution < 1.29 is 14.3 Å². The monoisotopic (exact) mass is 270 g/mol. The van der Waals surface area contributed by atoms with Crippen molar-refractivity contribution in [2.45, 2.75) is 33.6 Å². The molecule has 0 N–H and O–H groups in total. The highest BCUT2D eigenvalue weighted by Crippen LogP contribution is 2.34. The minimum atomic E-state index is -0.398. The van der Waals surface area contributed by atoms with Crippen LogP contribution < -0.4 is 4.74 Å². The summed E-state index contributed by atoms with van der Waals surface area (Å²) in [7, 11) is 0. The fourth-order valence-electron chi connectivity index (χ4n) is 1.71. The maximum Gasteiger partial charge on any atom is 0.341 e. The summed E-state index contributed by atoms with van der Waals surface area (Å²) in [6, 6.07) is 3.43. The molecule has 0 heterocycles. The van der Waals surface area contributed by atoms with Crippen LogP contribution >= 0.6 is 11.6 Å². The van der Waals surface area contributed by atoms with Crippen LogP contribution in [0.3, 0.4) is 0 Å². The molecule has 1 aromatic carbocycles. The van der Waals surface area contributed by atoms with Gasteiger partial charge in [0.15, 0.2) is 0 Å². The summed E-state index contributed by atoms with van der Waals surface area (Å²) in [6.07, 6.45) is 0. The third-order valence-electron chi connectivity index (χ3n) is 2.49. The lowest BCUT2D eigenvalue weighted by Crippen LogP contribution is -2.10. The Bertz CT molecular complexity index is 427. The van der Waals surface area contributed by atoms with Crippen molar-refractivity contribution in [2.24, 2.45) is 0 Å². The predicted octanol–water partition coefficient (Wildman–Crippen LogP) is 4.04. The Labute approximate surface area is 113 Å². The second-order valence-corrected chi connectivity index (χ2v) is 4.62. The average molecular weight is 271 g/mol. The number of carbonyl (C=O) groups is 1. The Balaban J connectivity index is 3.33. The normalized spacial score (nSPS) is 10.6. The molecule has 0 aliphatic rings. The zero-order valence-corrected chi connectivity index (χ0v) is 12.0. The number of rotatable bonds is 5. The van der Waals surface area contributed by atoms with Gasteiger partial charge >= 0.3 is 5.97 Å². The molecule has 0 saturated heterocycles. The number of hydrogen-bond acceptors (Lipinski definition) is 3. The fourth-order valence-corrected chi connectivity index (χ4v) is 1.94.